The number of carbonyl (C=O) groups is 1. The van der Waals surface area contributed by atoms with Crippen LogP contribution in [-0.4, -0.2) is 48.2 Å². The van der Waals surface area contributed by atoms with Gasteiger partial charge in [0.25, 0.3) is 0 Å². The van der Waals surface area contributed by atoms with Gasteiger partial charge in [0.2, 0.25) is 11.3 Å². The summed E-state index contributed by atoms with van der Waals surface area (Å²) in [6, 6.07) is 12.0. The van der Waals surface area contributed by atoms with Gasteiger partial charge in [0, 0.05) is 37.4 Å². The Morgan fingerprint density at radius 3 is 2.74 bits per heavy atom. The Bertz CT molecular complexity index is 938. The number of carbonyl (C=O) groups excluding carboxylic acids is 1. The highest BCUT2D eigenvalue weighted by Gasteiger charge is 2.24. The highest BCUT2D eigenvalue weighted by atomic mass is 16.5. The van der Waals surface area contributed by atoms with E-state index in [9.17, 15) is 9.59 Å². The van der Waals surface area contributed by atoms with Gasteiger partial charge in [0.1, 0.15) is 6.54 Å². The molecule has 2 aliphatic rings. The summed E-state index contributed by atoms with van der Waals surface area (Å²) in [5, 5.41) is 3.13. The van der Waals surface area contributed by atoms with Crippen LogP contribution in [0, 0.1) is 0 Å². The average molecular weight is 426 g/mol. The van der Waals surface area contributed by atoms with Crippen LogP contribution in [0.5, 0.6) is 5.75 Å². The quantitative estimate of drug-likeness (QED) is 0.738. The Kier molecular flexibility index (Phi) is 7.04. The molecule has 7 nitrogen and oxygen atoms in total. The zero-order chi connectivity index (χ0) is 21.6. The normalized spacial score (nSPS) is 20.0. The fourth-order valence-electron chi connectivity index (χ4n) is 4.47. The smallest absolute Gasteiger partial charge is 0.240 e. The lowest BCUT2D eigenvalue weighted by molar-refractivity contribution is -0.122. The molecular weight excluding hydrogens is 394 g/mol. The van der Waals surface area contributed by atoms with Crippen molar-refractivity contribution in [3.8, 4) is 5.75 Å². The molecule has 2 aromatic rings. The number of morpholine rings is 1. The molecular formula is C24H31N3O4. The number of ether oxygens (including phenoxy) is 2. The third-order valence-corrected chi connectivity index (χ3v) is 6.14. The number of aromatic nitrogens is 1. The summed E-state index contributed by atoms with van der Waals surface area (Å²) in [4.78, 5) is 27.4. The molecule has 1 aromatic heterocycles. The summed E-state index contributed by atoms with van der Waals surface area (Å²) in [7, 11) is 1.48. The van der Waals surface area contributed by atoms with Crippen LogP contribution in [-0.2, 0) is 22.6 Å². The Morgan fingerprint density at radius 1 is 1.23 bits per heavy atom. The van der Waals surface area contributed by atoms with E-state index in [1.54, 1.807) is 12.3 Å². The number of hydrogen-bond acceptors (Lipinski definition) is 5. The second-order valence-electron chi connectivity index (χ2n) is 8.38. The van der Waals surface area contributed by atoms with Crippen LogP contribution in [0.1, 0.15) is 43.0 Å². The molecule has 7 heteroatoms. The number of pyridine rings is 1. The highest BCUT2D eigenvalue weighted by molar-refractivity contribution is 5.76. The lowest BCUT2D eigenvalue weighted by Gasteiger charge is -2.33. The van der Waals surface area contributed by atoms with E-state index in [4.69, 9.17) is 9.47 Å². The molecule has 0 bridgehead atoms. The van der Waals surface area contributed by atoms with E-state index in [-0.39, 0.29) is 35.8 Å². The molecule has 1 N–H and O–H groups in total. The minimum atomic E-state index is -0.169. The molecule has 1 unspecified atom stereocenters. The minimum Gasteiger partial charge on any atom is -0.491 e. The number of methoxy groups -OCH3 is 1. The van der Waals surface area contributed by atoms with Crippen LogP contribution in [0.4, 0.5) is 0 Å². The van der Waals surface area contributed by atoms with Crippen LogP contribution in [0.15, 0.2) is 47.4 Å². The molecule has 2 heterocycles. The molecule has 1 aliphatic heterocycles. The van der Waals surface area contributed by atoms with Crippen molar-refractivity contribution in [2.45, 2.75) is 50.9 Å². The van der Waals surface area contributed by atoms with E-state index in [0.29, 0.717) is 13.2 Å². The lowest BCUT2D eigenvalue weighted by Crippen LogP contribution is -2.39. The summed E-state index contributed by atoms with van der Waals surface area (Å²) >= 11 is 0. The maximum Gasteiger partial charge on any atom is 0.240 e. The van der Waals surface area contributed by atoms with E-state index in [2.05, 4.69) is 22.3 Å². The van der Waals surface area contributed by atoms with Crippen molar-refractivity contribution >= 4 is 5.91 Å². The summed E-state index contributed by atoms with van der Waals surface area (Å²) in [5.74, 6) is 0.226. The molecule has 1 aromatic carbocycles. The number of benzene rings is 1. The summed E-state index contributed by atoms with van der Waals surface area (Å²) in [5.41, 5.74) is 1.79. The highest BCUT2D eigenvalue weighted by Crippen LogP contribution is 2.23. The van der Waals surface area contributed by atoms with Gasteiger partial charge in [-0.1, -0.05) is 43.2 Å². The number of amides is 1. The van der Waals surface area contributed by atoms with Crippen molar-refractivity contribution in [3.63, 3.8) is 0 Å². The zero-order valence-electron chi connectivity index (χ0n) is 18.1. The van der Waals surface area contributed by atoms with Crippen LogP contribution in [0.3, 0.4) is 0 Å². The number of nitrogens with zero attached hydrogens (tertiary/aromatic N) is 2. The van der Waals surface area contributed by atoms with Gasteiger partial charge in [-0.15, -0.1) is 0 Å². The average Bonchev–Trinajstić information content (AvgIpc) is 3.29. The summed E-state index contributed by atoms with van der Waals surface area (Å²) in [6.45, 7) is 2.88. The van der Waals surface area contributed by atoms with Gasteiger partial charge in [-0.05, 0) is 18.4 Å². The van der Waals surface area contributed by atoms with E-state index >= 15 is 0 Å². The molecule has 4 rings (SSSR count). The third kappa shape index (κ3) is 5.54. The van der Waals surface area contributed by atoms with Crippen molar-refractivity contribution in [1.29, 1.82) is 0 Å². The maximum atomic E-state index is 12.6. The van der Waals surface area contributed by atoms with E-state index in [1.807, 2.05) is 22.8 Å². The SMILES string of the molecule is COc1cn(CC(=O)NC2CCCC2)c(CN2CCOC(c3ccccc3)C2)cc1=O. The first kappa shape index (κ1) is 21.6. The predicted molar refractivity (Wildman–Crippen MR) is 118 cm³/mol. The lowest BCUT2D eigenvalue weighted by atomic mass is 10.1. The fourth-order valence-corrected chi connectivity index (χ4v) is 4.47. The van der Waals surface area contributed by atoms with Crippen molar-refractivity contribution in [2.24, 2.45) is 0 Å². The van der Waals surface area contributed by atoms with Crippen molar-refractivity contribution < 1.29 is 14.3 Å². The monoisotopic (exact) mass is 425 g/mol. The van der Waals surface area contributed by atoms with Gasteiger partial charge in [0.15, 0.2) is 5.75 Å². The molecule has 31 heavy (non-hydrogen) atoms. The fraction of sp³-hybridized carbons (Fsp3) is 0.500. The molecule has 1 saturated carbocycles. The first-order valence-electron chi connectivity index (χ1n) is 11.1. The maximum absolute atomic E-state index is 12.6. The molecule has 1 saturated heterocycles. The Balaban J connectivity index is 1.49. The van der Waals surface area contributed by atoms with Gasteiger partial charge in [-0.2, -0.15) is 0 Å². The van der Waals surface area contributed by atoms with Gasteiger partial charge in [0.05, 0.1) is 26.0 Å². The van der Waals surface area contributed by atoms with Gasteiger partial charge >= 0.3 is 0 Å². The zero-order valence-corrected chi connectivity index (χ0v) is 18.1. The predicted octanol–water partition coefficient (Wildman–Crippen LogP) is 2.49. The van der Waals surface area contributed by atoms with Crippen LogP contribution in [0.2, 0.25) is 0 Å². The van der Waals surface area contributed by atoms with Gasteiger partial charge in [-0.25, -0.2) is 0 Å². The van der Waals surface area contributed by atoms with E-state index in [1.165, 1.54) is 20.0 Å². The summed E-state index contributed by atoms with van der Waals surface area (Å²) in [6.07, 6.45) is 6.07. The van der Waals surface area contributed by atoms with Crippen LogP contribution < -0.4 is 15.5 Å². The number of nitrogens with one attached hydrogen (secondary N) is 1. The first-order valence-corrected chi connectivity index (χ1v) is 11.1. The Morgan fingerprint density at radius 2 is 2.00 bits per heavy atom. The molecule has 166 valence electrons. The second-order valence-corrected chi connectivity index (χ2v) is 8.38. The largest absolute Gasteiger partial charge is 0.491 e. The summed E-state index contributed by atoms with van der Waals surface area (Å²) < 4.78 is 13.0. The van der Waals surface area contributed by atoms with Crippen LogP contribution >= 0.6 is 0 Å². The Hall–Kier alpha value is -2.64. The first-order chi connectivity index (χ1) is 15.1. The van der Waals surface area contributed by atoms with E-state index < -0.39 is 0 Å². The van der Waals surface area contributed by atoms with Gasteiger partial charge in [-0.3, -0.25) is 14.5 Å². The molecule has 1 atom stereocenters. The second kappa shape index (κ2) is 10.1. The molecule has 1 aliphatic carbocycles. The van der Waals surface area contributed by atoms with E-state index in [0.717, 1.165) is 37.2 Å². The molecule has 2 fully saturated rings. The topological polar surface area (TPSA) is 72.8 Å². The molecule has 1 amide bonds. The standard InChI is InChI=1S/C24H31N3O4/c1-30-23-16-27(17-24(29)25-19-9-5-6-10-19)20(13-21(23)28)14-26-11-12-31-22(15-26)18-7-3-2-4-8-18/h2-4,7-8,13,16,19,22H,5-6,9-12,14-15,17H2,1H3,(H,25,29). The van der Waals surface area contributed by atoms with Crippen molar-refractivity contribution in [3.05, 3.63) is 64.1 Å². The van der Waals surface area contributed by atoms with Crippen molar-refractivity contribution in [1.82, 2.24) is 14.8 Å². The minimum absolute atomic E-state index is 0.000893. The molecule has 0 radical (unpaired) electrons. The Labute approximate surface area is 183 Å². The molecule has 0 spiro atoms. The van der Waals surface area contributed by atoms with Gasteiger partial charge < -0.3 is 19.4 Å². The van der Waals surface area contributed by atoms with Crippen molar-refractivity contribution in [2.75, 3.05) is 26.8 Å². The number of rotatable bonds is 7. The third-order valence-electron chi connectivity index (χ3n) is 6.14. The number of hydrogen-bond donors (Lipinski definition) is 1. The van der Waals surface area contributed by atoms with Crippen LogP contribution in [0.25, 0.3) is 0 Å².